The number of sulfonamides is 1. The highest BCUT2D eigenvalue weighted by atomic mass is 32.2. The van der Waals surface area contributed by atoms with Crippen LogP contribution in [-0.4, -0.2) is 49.3 Å². The first kappa shape index (κ1) is 19.1. The van der Waals surface area contributed by atoms with Gasteiger partial charge in [-0.3, -0.25) is 0 Å². The Balaban J connectivity index is 1.68. The maximum absolute atomic E-state index is 13.6. The molecule has 1 atom stereocenters. The second-order valence-electron chi connectivity index (χ2n) is 9.27. The molecule has 0 unspecified atom stereocenters. The molecule has 0 spiro atoms. The zero-order valence-corrected chi connectivity index (χ0v) is 18.4. The SMILES string of the molecule is CSc1cc2c(cc1O)S(=O)(=O)N(C)[C@H](C1CCCC1)CN2C12CCC(C1)C2. The van der Waals surface area contributed by atoms with E-state index < -0.39 is 10.0 Å². The molecule has 154 valence electrons. The van der Waals surface area contributed by atoms with Gasteiger partial charge in [-0.05, 0) is 62.7 Å². The summed E-state index contributed by atoms with van der Waals surface area (Å²) in [6.45, 7) is 0.777. The number of benzene rings is 1. The van der Waals surface area contributed by atoms with Gasteiger partial charge in [-0.25, -0.2) is 8.42 Å². The molecule has 4 aliphatic carbocycles. The topological polar surface area (TPSA) is 60.9 Å². The molecular formula is C21H30N2O3S2. The molecule has 1 N–H and O–H groups in total. The fourth-order valence-corrected chi connectivity index (χ4v) is 8.44. The minimum atomic E-state index is -3.64. The Morgan fingerprint density at radius 1 is 1.18 bits per heavy atom. The molecule has 1 heterocycles. The van der Waals surface area contributed by atoms with E-state index in [0.29, 0.717) is 5.92 Å². The zero-order valence-electron chi connectivity index (χ0n) is 16.7. The van der Waals surface area contributed by atoms with Crippen LogP contribution in [0.5, 0.6) is 5.75 Å². The summed E-state index contributed by atoms with van der Waals surface area (Å²) >= 11 is 1.47. The number of rotatable bonds is 3. The number of phenols is 1. The van der Waals surface area contributed by atoms with Crippen molar-refractivity contribution in [2.24, 2.45) is 11.8 Å². The van der Waals surface area contributed by atoms with E-state index in [0.717, 1.165) is 42.3 Å². The molecule has 4 fully saturated rings. The number of anilines is 1. The monoisotopic (exact) mass is 422 g/mol. The Labute approximate surface area is 172 Å². The summed E-state index contributed by atoms with van der Waals surface area (Å²) in [5, 5.41) is 10.5. The lowest BCUT2D eigenvalue weighted by Crippen LogP contribution is -2.57. The van der Waals surface area contributed by atoms with Crippen molar-refractivity contribution in [2.75, 3.05) is 24.7 Å². The predicted molar refractivity (Wildman–Crippen MR) is 113 cm³/mol. The number of likely N-dealkylation sites (N-methyl/N-ethyl adjacent to an activating group) is 1. The molecular weight excluding hydrogens is 392 g/mol. The van der Waals surface area contributed by atoms with Gasteiger partial charge in [0.1, 0.15) is 10.6 Å². The summed E-state index contributed by atoms with van der Waals surface area (Å²) in [4.78, 5) is 3.50. The van der Waals surface area contributed by atoms with Gasteiger partial charge in [0.05, 0.1) is 10.6 Å². The molecule has 0 aromatic heterocycles. The first-order valence-electron chi connectivity index (χ1n) is 10.5. The summed E-state index contributed by atoms with van der Waals surface area (Å²) in [6, 6.07) is 3.44. The van der Waals surface area contributed by atoms with Gasteiger partial charge in [0, 0.05) is 31.2 Å². The van der Waals surface area contributed by atoms with Crippen LogP contribution in [0.25, 0.3) is 0 Å². The van der Waals surface area contributed by atoms with Crippen LogP contribution in [-0.2, 0) is 10.0 Å². The van der Waals surface area contributed by atoms with E-state index in [1.165, 1.54) is 49.9 Å². The Morgan fingerprint density at radius 2 is 1.89 bits per heavy atom. The maximum Gasteiger partial charge on any atom is 0.245 e. The van der Waals surface area contributed by atoms with Crippen LogP contribution in [0.1, 0.15) is 51.4 Å². The standard InChI is InChI=1S/C21H30N2O3S2/c1-22-17(15-5-3-4-6-15)13-23(21-8-7-14(11-21)12-21)16-9-19(27-2)18(24)10-20(16)28(22,25)26/h9-10,14-15,17,24H,3-8,11-13H2,1-2H3/t14?,17-,21?/m0/s1. The van der Waals surface area contributed by atoms with Crippen LogP contribution in [0, 0.1) is 11.8 Å². The van der Waals surface area contributed by atoms with Crippen molar-refractivity contribution in [1.82, 2.24) is 4.31 Å². The minimum Gasteiger partial charge on any atom is -0.507 e. The zero-order chi connectivity index (χ0) is 19.7. The van der Waals surface area contributed by atoms with Gasteiger partial charge in [0.2, 0.25) is 10.0 Å². The Morgan fingerprint density at radius 3 is 2.50 bits per heavy atom. The largest absolute Gasteiger partial charge is 0.507 e. The number of thioether (sulfide) groups is 1. The second-order valence-corrected chi connectivity index (χ2v) is 12.1. The molecule has 5 nitrogen and oxygen atoms in total. The summed E-state index contributed by atoms with van der Waals surface area (Å²) in [6.07, 6.45) is 11.4. The van der Waals surface area contributed by atoms with Crippen LogP contribution < -0.4 is 4.90 Å². The number of hydrogen-bond donors (Lipinski definition) is 1. The third-order valence-electron chi connectivity index (χ3n) is 7.92. The maximum atomic E-state index is 13.6. The molecule has 7 heteroatoms. The fraction of sp³-hybridized carbons (Fsp3) is 0.714. The van der Waals surface area contributed by atoms with Crippen LogP contribution in [0.15, 0.2) is 21.9 Å². The molecule has 1 aromatic rings. The highest BCUT2D eigenvalue weighted by Crippen LogP contribution is 2.58. The van der Waals surface area contributed by atoms with Crippen molar-refractivity contribution in [3.63, 3.8) is 0 Å². The van der Waals surface area contributed by atoms with Crippen molar-refractivity contribution in [3.05, 3.63) is 12.1 Å². The lowest BCUT2D eigenvalue weighted by molar-refractivity contribution is 0.201. The molecule has 1 aromatic carbocycles. The smallest absolute Gasteiger partial charge is 0.245 e. The van der Waals surface area contributed by atoms with Crippen LogP contribution in [0.3, 0.4) is 0 Å². The van der Waals surface area contributed by atoms with Gasteiger partial charge in [0.25, 0.3) is 0 Å². The van der Waals surface area contributed by atoms with Crippen LogP contribution in [0.4, 0.5) is 5.69 Å². The quantitative estimate of drug-likeness (QED) is 0.745. The molecule has 2 bridgehead atoms. The van der Waals surface area contributed by atoms with E-state index in [9.17, 15) is 13.5 Å². The highest BCUT2D eigenvalue weighted by Gasteiger charge is 2.56. The predicted octanol–water partition coefficient (Wildman–Crippen LogP) is 4.06. The lowest BCUT2D eigenvalue weighted by Gasteiger charge is -2.50. The van der Waals surface area contributed by atoms with E-state index in [1.54, 1.807) is 11.4 Å². The van der Waals surface area contributed by atoms with E-state index in [-0.39, 0.29) is 22.2 Å². The summed E-state index contributed by atoms with van der Waals surface area (Å²) < 4.78 is 28.8. The van der Waals surface area contributed by atoms with Crippen LogP contribution in [0.2, 0.25) is 0 Å². The van der Waals surface area contributed by atoms with Crippen molar-refractivity contribution in [2.45, 2.75) is 72.7 Å². The molecule has 0 radical (unpaired) electrons. The molecule has 0 saturated heterocycles. The fourth-order valence-electron chi connectivity index (χ4n) is 6.34. The van der Waals surface area contributed by atoms with E-state index >= 15 is 0 Å². The molecule has 0 amide bonds. The average molecular weight is 423 g/mol. The lowest BCUT2D eigenvalue weighted by atomic mass is 9.75. The molecule has 1 aliphatic heterocycles. The number of fused-ring (bicyclic) bond motifs is 2. The molecule has 6 rings (SSSR count). The van der Waals surface area contributed by atoms with Gasteiger partial charge in [-0.2, -0.15) is 4.31 Å². The summed E-state index contributed by atoms with van der Waals surface area (Å²) in [7, 11) is -1.89. The molecule has 5 aliphatic rings. The number of hydrogen-bond acceptors (Lipinski definition) is 5. The Kier molecular flexibility index (Phi) is 4.45. The van der Waals surface area contributed by atoms with Gasteiger partial charge >= 0.3 is 0 Å². The van der Waals surface area contributed by atoms with E-state index in [1.807, 2.05) is 12.3 Å². The van der Waals surface area contributed by atoms with Crippen molar-refractivity contribution in [1.29, 1.82) is 0 Å². The van der Waals surface area contributed by atoms with Gasteiger partial charge in [0.15, 0.2) is 0 Å². The Hall–Kier alpha value is -0.920. The highest BCUT2D eigenvalue weighted by molar-refractivity contribution is 7.98. The number of phenolic OH excluding ortho intramolecular Hbond substituents is 1. The van der Waals surface area contributed by atoms with Crippen LogP contribution >= 0.6 is 11.8 Å². The average Bonchev–Trinajstić information content (AvgIpc) is 3.38. The van der Waals surface area contributed by atoms with Gasteiger partial charge < -0.3 is 10.0 Å². The summed E-state index contributed by atoms with van der Waals surface area (Å²) in [5.41, 5.74) is 0.929. The van der Waals surface area contributed by atoms with E-state index in [2.05, 4.69) is 4.90 Å². The number of aromatic hydroxyl groups is 1. The van der Waals surface area contributed by atoms with Gasteiger partial charge in [-0.15, -0.1) is 11.8 Å². The van der Waals surface area contributed by atoms with Gasteiger partial charge in [-0.1, -0.05) is 12.8 Å². The minimum absolute atomic E-state index is 0.00815. The second kappa shape index (κ2) is 6.54. The van der Waals surface area contributed by atoms with Crippen molar-refractivity contribution >= 4 is 27.5 Å². The molecule has 4 saturated carbocycles. The third kappa shape index (κ3) is 2.65. The van der Waals surface area contributed by atoms with Crippen molar-refractivity contribution < 1.29 is 13.5 Å². The summed E-state index contributed by atoms with van der Waals surface area (Å²) in [5.74, 6) is 1.31. The van der Waals surface area contributed by atoms with E-state index in [4.69, 9.17) is 0 Å². The third-order valence-corrected chi connectivity index (χ3v) is 10.6. The number of nitrogens with zero attached hydrogens (tertiary/aromatic N) is 2. The van der Waals surface area contributed by atoms with Crippen molar-refractivity contribution in [3.8, 4) is 5.75 Å². The first-order chi connectivity index (χ1) is 13.4. The first-order valence-corrected chi connectivity index (χ1v) is 13.2. The Bertz CT molecular complexity index is 884. The molecule has 28 heavy (non-hydrogen) atoms. The normalized spacial score (nSPS) is 34.9.